The summed E-state index contributed by atoms with van der Waals surface area (Å²) in [6.45, 7) is 7.28. The van der Waals surface area contributed by atoms with Crippen LogP contribution in [0.25, 0.3) is 32.8 Å². The van der Waals surface area contributed by atoms with Crippen LogP contribution in [-0.4, -0.2) is 15.0 Å². The Morgan fingerprint density at radius 1 is 0.844 bits per heavy atom. The van der Waals surface area contributed by atoms with Crippen molar-refractivity contribution in [1.29, 1.82) is 15.8 Å². The number of nitriles is 3. The minimum atomic E-state index is -1.85. The number of hydrogen-bond acceptors (Lipinski definition) is 6. The van der Waals surface area contributed by atoms with Gasteiger partial charge in [-0.05, 0) is 17.2 Å². The second kappa shape index (κ2) is 7.28. The number of halogens is 4. The lowest BCUT2D eigenvalue weighted by molar-refractivity contribution is 0.410. The monoisotopic (exact) mass is 429 g/mol. The van der Waals surface area contributed by atoms with Crippen LogP contribution < -0.4 is 0 Å². The molecule has 150 valence electrons. The molecule has 1 aliphatic rings. The largest absolute Gasteiger partial charge is 0.271 e. The van der Waals surface area contributed by atoms with Gasteiger partial charge >= 0.3 is 0 Å². The maximum Gasteiger partial charge on any atom is 0.271 e. The highest BCUT2D eigenvalue weighted by Crippen LogP contribution is 2.46. The van der Waals surface area contributed by atoms with Crippen LogP contribution >= 0.6 is 0 Å². The molecule has 0 saturated heterocycles. The number of pyridine rings is 1. The normalized spacial score (nSPS) is 12.6. The summed E-state index contributed by atoms with van der Waals surface area (Å²) in [5.74, 6) is -7.16. The fourth-order valence-corrected chi connectivity index (χ4v) is 3.31. The van der Waals surface area contributed by atoms with Crippen molar-refractivity contribution in [2.45, 2.75) is 0 Å². The van der Waals surface area contributed by atoms with Gasteiger partial charge in [0, 0.05) is 11.1 Å². The predicted octanol–water partition coefficient (Wildman–Crippen LogP) is 4.02. The first-order valence-corrected chi connectivity index (χ1v) is 8.45. The summed E-state index contributed by atoms with van der Waals surface area (Å²) in [4.78, 5) is 13.8. The first-order chi connectivity index (χ1) is 15.4. The van der Waals surface area contributed by atoms with Gasteiger partial charge in [0.2, 0.25) is 0 Å². The summed E-state index contributed by atoms with van der Waals surface area (Å²) in [5, 5.41) is 27.9. The van der Waals surface area contributed by atoms with E-state index in [2.05, 4.69) is 19.8 Å². The third-order valence-corrected chi connectivity index (χ3v) is 4.63. The van der Waals surface area contributed by atoms with Crippen molar-refractivity contribution >= 4 is 5.57 Å². The van der Waals surface area contributed by atoms with E-state index in [1.54, 1.807) is 18.2 Å². The molecule has 0 aliphatic heterocycles. The van der Waals surface area contributed by atoms with E-state index in [1.807, 2.05) is 0 Å². The third-order valence-electron chi connectivity index (χ3n) is 4.63. The van der Waals surface area contributed by atoms with Crippen LogP contribution in [-0.2, 0) is 0 Å². The lowest BCUT2D eigenvalue weighted by Gasteiger charge is -2.09. The summed E-state index contributed by atoms with van der Waals surface area (Å²) in [6.07, 6.45) is 0. The van der Waals surface area contributed by atoms with E-state index in [0.29, 0.717) is 0 Å². The highest BCUT2D eigenvalue weighted by atomic mass is 19.2. The van der Waals surface area contributed by atoms with E-state index in [-0.39, 0.29) is 45.0 Å². The van der Waals surface area contributed by atoms with E-state index < -0.39 is 34.8 Å². The number of aromatic nitrogens is 3. The van der Waals surface area contributed by atoms with Crippen LogP contribution in [0.5, 0.6) is 0 Å². The third kappa shape index (κ3) is 2.74. The maximum atomic E-state index is 14.3. The van der Waals surface area contributed by atoms with Gasteiger partial charge in [0.15, 0.2) is 23.0 Å². The second-order valence-electron chi connectivity index (χ2n) is 6.25. The lowest BCUT2D eigenvalue weighted by Crippen LogP contribution is -2.03. The zero-order valence-corrected chi connectivity index (χ0v) is 15.4. The molecule has 1 aliphatic carbocycles. The Morgan fingerprint density at radius 2 is 1.44 bits per heavy atom. The van der Waals surface area contributed by atoms with Crippen molar-refractivity contribution < 1.29 is 17.6 Å². The van der Waals surface area contributed by atoms with Crippen molar-refractivity contribution in [3.8, 4) is 40.6 Å². The van der Waals surface area contributed by atoms with Gasteiger partial charge < -0.3 is 0 Å². The first-order valence-electron chi connectivity index (χ1n) is 8.45. The van der Waals surface area contributed by atoms with Gasteiger partial charge in [0.05, 0.1) is 29.6 Å². The summed E-state index contributed by atoms with van der Waals surface area (Å²) >= 11 is 0. The molecule has 7 nitrogen and oxygen atoms in total. The maximum absolute atomic E-state index is 14.3. The molecule has 32 heavy (non-hydrogen) atoms. The van der Waals surface area contributed by atoms with Crippen molar-refractivity contribution in [3.05, 3.63) is 81.5 Å². The molecule has 0 unspecified atom stereocenters. The molecule has 0 amide bonds. The van der Waals surface area contributed by atoms with Crippen LogP contribution in [0.1, 0.15) is 22.6 Å². The van der Waals surface area contributed by atoms with Crippen LogP contribution in [0.4, 0.5) is 17.6 Å². The Labute approximate surface area is 176 Å². The SMILES string of the molecule is [C-]#[N+]/C(C#N)=C1\c2cc(-c3c(F)c(F)nc(F)c3F)ccc2-c2nc(C#N)c(C#N)nc21. The fraction of sp³-hybridized carbons (Fsp3) is 0. The molecule has 0 saturated carbocycles. The number of hydrogen-bond donors (Lipinski definition) is 0. The van der Waals surface area contributed by atoms with Gasteiger partial charge in [0.25, 0.3) is 17.6 Å². The van der Waals surface area contributed by atoms with Gasteiger partial charge in [0.1, 0.15) is 12.1 Å². The first kappa shape index (κ1) is 20.2. The molecule has 0 fully saturated rings. The second-order valence-corrected chi connectivity index (χ2v) is 6.25. The quantitative estimate of drug-likeness (QED) is 0.195. The van der Waals surface area contributed by atoms with Gasteiger partial charge in [-0.25, -0.2) is 28.9 Å². The van der Waals surface area contributed by atoms with Gasteiger partial charge in [-0.1, -0.05) is 12.1 Å². The Hall–Kier alpha value is -5.13. The van der Waals surface area contributed by atoms with Crippen LogP contribution in [0.3, 0.4) is 0 Å². The van der Waals surface area contributed by atoms with Crippen molar-refractivity contribution in [2.75, 3.05) is 0 Å². The lowest BCUT2D eigenvalue weighted by atomic mass is 9.97. The molecule has 0 spiro atoms. The predicted molar refractivity (Wildman–Crippen MR) is 98.2 cm³/mol. The molecule has 4 rings (SSSR count). The molecule has 2 aromatic heterocycles. The standard InChI is InChI=1S/C21H3F4N7/c1-29-13(7-28)15-10-4-8(14-16(22)20(24)32-21(25)17(14)23)2-3-9(10)18-19(15)31-12(6-27)11(5-26)30-18/h2-4H/b15-13+. The summed E-state index contributed by atoms with van der Waals surface area (Å²) in [5.41, 5.74) is -2.29. The zero-order chi connectivity index (χ0) is 23.2. The Balaban J connectivity index is 2.10. The number of benzene rings is 1. The van der Waals surface area contributed by atoms with E-state index in [1.165, 1.54) is 6.07 Å². The highest BCUT2D eigenvalue weighted by Gasteiger charge is 2.32. The minimum Gasteiger partial charge on any atom is -0.233 e. The van der Waals surface area contributed by atoms with E-state index in [0.717, 1.165) is 12.1 Å². The Morgan fingerprint density at radius 3 is 1.97 bits per heavy atom. The zero-order valence-electron chi connectivity index (χ0n) is 15.4. The average molecular weight is 429 g/mol. The highest BCUT2D eigenvalue weighted by molar-refractivity contribution is 6.02. The van der Waals surface area contributed by atoms with Crippen LogP contribution in [0.2, 0.25) is 0 Å². The molecular formula is C21H3F4N7. The smallest absolute Gasteiger partial charge is 0.233 e. The molecular weight excluding hydrogens is 426 g/mol. The topological polar surface area (TPSA) is 114 Å². The van der Waals surface area contributed by atoms with Crippen LogP contribution in [0.15, 0.2) is 23.9 Å². The minimum absolute atomic E-state index is 0.0560. The van der Waals surface area contributed by atoms with E-state index >= 15 is 0 Å². The number of fused-ring (bicyclic) bond motifs is 3. The van der Waals surface area contributed by atoms with Crippen LogP contribution in [0, 0.1) is 64.1 Å². The molecule has 1 aromatic carbocycles. The molecule has 3 aromatic rings. The Kier molecular flexibility index (Phi) is 4.59. The summed E-state index contributed by atoms with van der Waals surface area (Å²) < 4.78 is 55.8. The van der Waals surface area contributed by atoms with Crippen molar-refractivity contribution in [1.82, 2.24) is 15.0 Å². The molecule has 0 N–H and O–H groups in total. The molecule has 2 heterocycles. The fourth-order valence-electron chi connectivity index (χ4n) is 3.31. The average Bonchev–Trinajstić information content (AvgIpc) is 3.10. The summed E-state index contributed by atoms with van der Waals surface area (Å²) in [7, 11) is 0. The number of rotatable bonds is 1. The Bertz CT molecular complexity index is 1520. The van der Waals surface area contributed by atoms with Gasteiger partial charge in [-0.2, -0.15) is 24.3 Å². The molecule has 0 atom stereocenters. The van der Waals surface area contributed by atoms with E-state index in [4.69, 9.17) is 6.57 Å². The van der Waals surface area contributed by atoms with Gasteiger partial charge in [-0.3, -0.25) is 0 Å². The molecule has 0 radical (unpaired) electrons. The van der Waals surface area contributed by atoms with Gasteiger partial charge in [-0.15, -0.1) is 0 Å². The molecule has 0 bridgehead atoms. The van der Waals surface area contributed by atoms with Crippen molar-refractivity contribution in [3.63, 3.8) is 0 Å². The number of allylic oxidation sites excluding steroid dienone is 1. The molecule has 11 heteroatoms. The summed E-state index contributed by atoms with van der Waals surface area (Å²) in [6, 6.07) is 8.62. The number of nitrogens with zero attached hydrogens (tertiary/aromatic N) is 7. The van der Waals surface area contributed by atoms with E-state index in [9.17, 15) is 33.3 Å². The van der Waals surface area contributed by atoms with Crippen molar-refractivity contribution in [2.24, 2.45) is 0 Å².